The molecule has 2 aromatic heterocycles. The molecule has 1 aliphatic heterocycles. The summed E-state index contributed by atoms with van der Waals surface area (Å²) in [6.07, 6.45) is -0.854. The number of hydrogen-bond donors (Lipinski definition) is 2. The molecule has 0 bridgehead atoms. The Morgan fingerprint density at radius 2 is 1.66 bits per heavy atom. The van der Waals surface area contributed by atoms with E-state index in [1.165, 1.54) is 12.4 Å². The van der Waals surface area contributed by atoms with Gasteiger partial charge in [0.1, 0.15) is 17.9 Å². The number of nitrogens with zero attached hydrogens (tertiary/aromatic N) is 6. The summed E-state index contributed by atoms with van der Waals surface area (Å²) in [5, 5.41) is 6.84. The van der Waals surface area contributed by atoms with Crippen molar-refractivity contribution in [2.75, 3.05) is 43.9 Å². The zero-order valence-corrected chi connectivity index (χ0v) is 25.9. The van der Waals surface area contributed by atoms with E-state index < -0.39 is 17.8 Å². The average Bonchev–Trinajstić information content (AvgIpc) is 3.07. The zero-order chi connectivity index (χ0) is 33.0. The number of piperazine rings is 1. The Balaban J connectivity index is 1.25. The van der Waals surface area contributed by atoms with Crippen molar-refractivity contribution in [1.82, 2.24) is 29.7 Å². The molecule has 0 unspecified atom stereocenters. The van der Waals surface area contributed by atoms with Gasteiger partial charge in [-0.2, -0.15) is 13.2 Å². The maximum absolute atomic E-state index is 13.6. The fourth-order valence-corrected chi connectivity index (χ4v) is 5.38. The molecule has 10 nitrogen and oxygen atoms in total. The second-order valence-electron chi connectivity index (χ2n) is 11.2. The van der Waals surface area contributed by atoms with Crippen LogP contribution in [0.15, 0.2) is 79.3 Å². The van der Waals surface area contributed by atoms with Gasteiger partial charge in [0.25, 0.3) is 0 Å². The topological polar surface area (TPSA) is 108 Å². The number of anilines is 2. The van der Waals surface area contributed by atoms with Gasteiger partial charge in [0.15, 0.2) is 5.82 Å². The summed E-state index contributed by atoms with van der Waals surface area (Å²) in [6, 6.07) is 17.1. The van der Waals surface area contributed by atoms with Crippen molar-refractivity contribution in [3.05, 3.63) is 96.2 Å². The summed E-state index contributed by atoms with van der Waals surface area (Å²) in [5.74, 6) is 1.84. The zero-order valence-electron chi connectivity index (χ0n) is 25.9. The molecule has 3 aromatic carbocycles. The number of hydrogen-bond acceptors (Lipinski definition) is 8. The van der Waals surface area contributed by atoms with E-state index in [1.807, 2.05) is 44.3 Å². The average molecular weight is 643 g/mol. The van der Waals surface area contributed by atoms with E-state index in [0.717, 1.165) is 38.3 Å². The molecule has 5 aromatic rings. The maximum atomic E-state index is 13.6. The standard InChI is InChI=1S/C34H33F3N8O2/c1-3-30-39-21-40-31(43-30)26-9-6-14-38-32(26)47-29-13-12-27(24-7-4-5-8-25(24)29)41-33(46)42-28-19-23(34(35,36)37)11-10-22(28)20-45-17-15-44(2)16-18-45/h4-14,19,21H,3,15-18,20H2,1-2H3,(H2,41,42,46). The third-order valence-electron chi connectivity index (χ3n) is 7.96. The van der Waals surface area contributed by atoms with E-state index in [-0.39, 0.29) is 5.69 Å². The largest absolute Gasteiger partial charge is 0.438 e. The Kier molecular flexibility index (Phi) is 9.27. The lowest BCUT2D eigenvalue weighted by molar-refractivity contribution is -0.137. The minimum atomic E-state index is -4.55. The molecule has 13 heteroatoms. The highest BCUT2D eigenvalue weighted by Crippen LogP contribution is 2.37. The Bertz CT molecular complexity index is 1890. The van der Waals surface area contributed by atoms with Crippen LogP contribution in [-0.4, -0.2) is 69.0 Å². The van der Waals surface area contributed by atoms with Crippen LogP contribution in [0.5, 0.6) is 11.6 Å². The molecule has 3 heterocycles. The third kappa shape index (κ3) is 7.47. The number of urea groups is 1. The third-order valence-corrected chi connectivity index (χ3v) is 7.96. The number of fused-ring (bicyclic) bond motifs is 1. The van der Waals surface area contributed by atoms with Gasteiger partial charge in [0.2, 0.25) is 5.88 Å². The van der Waals surface area contributed by atoms with Crippen molar-refractivity contribution in [2.45, 2.75) is 26.1 Å². The minimum Gasteiger partial charge on any atom is -0.438 e. The molecule has 0 radical (unpaired) electrons. The number of alkyl halides is 3. The van der Waals surface area contributed by atoms with E-state index in [0.29, 0.717) is 63.8 Å². The number of rotatable bonds is 8. The van der Waals surface area contributed by atoms with Crippen molar-refractivity contribution in [1.29, 1.82) is 0 Å². The van der Waals surface area contributed by atoms with Crippen molar-refractivity contribution >= 4 is 28.2 Å². The molecule has 1 fully saturated rings. The molecular weight excluding hydrogens is 609 g/mol. The molecule has 242 valence electrons. The van der Waals surface area contributed by atoms with E-state index in [4.69, 9.17) is 4.74 Å². The minimum absolute atomic E-state index is 0.104. The normalized spacial score (nSPS) is 14.2. The molecule has 0 aliphatic carbocycles. The number of aromatic nitrogens is 4. The molecule has 6 rings (SSSR count). The number of nitrogens with one attached hydrogen (secondary N) is 2. The first-order chi connectivity index (χ1) is 22.7. The number of aryl methyl sites for hydroxylation is 1. The predicted octanol–water partition coefficient (Wildman–Crippen LogP) is 6.85. The Morgan fingerprint density at radius 3 is 2.43 bits per heavy atom. The monoisotopic (exact) mass is 642 g/mol. The van der Waals surface area contributed by atoms with Gasteiger partial charge in [-0.25, -0.2) is 24.7 Å². The Labute approximate surface area is 269 Å². The predicted molar refractivity (Wildman–Crippen MR) is 173 cm³/mol. The summed E-state index contributed by atoms with van der Waals surface area (Å²) < 4.78 is 47.2. The van der Waals surface area contributed by atoms with Gasteiger partial charge in [-0.15, -0.1) is 0 Å². The second-order valence-corrected chi connectivity index (χ2v) is 11.2. The number of pyridine rings is 1. The number of ether oxygens (including phenoxy) is 1. The van der Waals surface area contributed by atoms with Gasteiger partial charge in [-0.3, -0.25) is 4.90 Å². The number of likely N-dealkylation sites (N-methyl/N-ethyl adjacent to an activating group) is 1. The SMILES string of the molecule is CCc1ncnc(-c2cccnc2Oc2ccc(NC(=O)Nc3cc(C(F)(F)F)ccc3CN3CCN(C)CC3)c3ccccc23)n1. The highest BCUT2D eigenvalue weighted by molar-refractivity contribution is 6.07. The molecule has 1 saturated heterocycles. The molecule has 2 amide bonds. The number of carbonyl (C=O) groups excluding carboxylic acids is 1. The lowest BCUT2D eigenvalue weighted by Crippen LogP contribution is -2.44. The molecule has 2 N–H and O–H groups in total. The van der Waals surface area contributed by atoms with Crippen LogP contribution in [0.2, 0.25) is 0 Å². The highest BCUT2D eigenvalue weighted by atomic mass is 19.4. The van der Waals surface area contributed by atoms with Crippen LogP contribution in [-0.2, 0) is 19.1 Å². The van der Waals surface area contributed by atoms with Gasteiger partial charge < -0.3 is 20.3 Å². The molecule has 0 spiro atoms. The first-order valence-electron chi connectivity index (χ1n) is 15.2. The maximum Gasteiger partial charge on any atom is 0.416 e. The fraction of sp³-hybridized carbons (Fsp3) is 0.265. The highest BCUT2D eigenvalue weighted by Gasteiger charge is 2.31. The Morgan fingerprint density at radius 1 is 0.894 bits per heavy atom. The van der Waals surface area contributed by atoms with Gasteiger partial charge in [0, 0.05) is 61.8 Å². The van der Waals surface area contributed by atoms with E-state index in [9.17, 15) is 18.0 Å². The van der Waals surface area contributed by atoms with E-state index in [2.05, 4.69) is 40.4 Å². The molecular formula is C34H33F3N8O2. The first kappa shape index (κ1) is 31.8. The first-order valence-corrected chi connectivity index (χ1v) is 15.2. The molecule has 47 heavy (non-hydrogen) atoms. The smallest absolute Gasteiger partial charge is 0.416 e. The second kappa shape index (κ2) is 13.7. The van der Waals surface area contributed by atoms with Crippen LogP contribution in [0.3, 0.4) is 0 Å². The van der Waals surface area contributed by atoms with E-state index >= 15 is 0 Å². The van der Waals surface area contributed by atoms with Gasteiger partial charge in [-0.1, -0.05) is 37.3 Å². The summed E-state index contributed by atoms with van der Waals surface area (Å²) in [7, 11) is 2.03. The number of benzene rings is 3. The van der Waals surface area contributed by atoms with Crippen molar-refractivity contribution in [2.24, 2.45) is 0 Å². The Hall–Kier alpha value is -5.14. The molecule has 0 atom stereocenters. The van der Waals surface area contributed by atoms with Crippen molar-refractivity contribution in [3.8, 4) is 23.0 Å². The number of carbonyl (C=O) groups is 1. The summed E-state index contributed by atoms with van der Waals surface area (Å²) in [6.45, 7) is 5.63. The summed E-state index contributed by atoms with van der Waals surface area (Å²) in [5.41, 5.74) is 0.904. The van der Waals surface area contributed by atoms with Crippen LogP contribution < -0.4 is 15.4 Å². The summed E-state index contributed by atoms with van der Waals surface area (Å²) >= 11 is 0. The summed E-state index contributed by atoms with van der Waals surface area (Å²) in [4.78, 5) is 35.1. The van der Waals surface area contributed by atoms with Crippen LogP contribution in [0, 0.1) is 0 Å². The quantitative estimate of drug-likeness (QED) is 0.189. The van der Waals surface area contributed by atoms with Crippen LogP contribution in [0.4, 0.5) is 29.3 Å². The fourth-order valence-electron chi connectivity index (χ4n) is 5.38. The number of amides is 2. The lowest BCUT2D eigenvalue weighted by atomic mass is 10.1. The van der Waals surface area contributed by atoms with E-state index in [1.54, 1.807) is 24.4 Å². The van der Waals surface area contributed by atoms with Crippen molar-refractivity contribution in [3.63, 3.8) is 0 Å². The molecule has 0 saturated carbocycles. The van der Waals surface area contributed by atoms with Gasteiger partial charge in [0.05, 0.1) is 16.8 Å². The van der Waals surface area contributed by atoms with Crippen LogP contribution >= 0.6 is 0 Å². The lowest BCUT2D eigenvalue weighted by Gasteiger charge is -2.32. The molecule has 1 aliphatic rings. The van der Waals surface area contributed by atoms with Crippen LogP contribution in [0.1, 0.15) is 23.9 Å². The van der Waals surface area contributed by atoms with Crippen molar-refractivity contribution < 1.29 is 22.7 Å². The number of halogens is 3. The van der Waals surface area contributed by atoms with Crippen LogP contribution in [0.25, 0.3) is 22.2 Å². The van der Waals surface area contributed by atoms with Gasteiger partial charge in [-0.05, 0) is 49.0 Å². The van der Waals surface area contributed by atoms with Gasteiger partial charge >= 0.3 is 12.2 Å².